The quantitative estimate of drug-likeness (QED) is 0.562. The molecule has 0 atom stereocenters. The van der Waals surface area contributed by atoms with Gasteiger partial charge in [-0.1, -0.05) is 12.1 Å². The number of para-hydroxylation sites is 1. The summed E-state index contributed by atoms with van der Waals surface area (Å²) in [7, 11) is 1.94. The standard InChI is InChI=1S/C19H17N7OS/c1-13-11-14(7-8-16(13)26-12-21-23-24-26)18(27)22-15-5-3-4-6-17(15)28-19-20-9-10-25(19)2/h3-12H,1-2H3,(H,22,27). The Morgan fingerprint density at radius 3 is 2.75 bits per heavy atom. The summed E-state index contributed by atoms with van der Waals surface area (Å²) in [6, 6.07) is 13.1. The van der Waals surface area contributed by atoms with E-state index in [-0.39, 0.29) is 5.91 Å². The lowest BCUT2D eigenvalue weighted by Gasteiger charge is -2.12. The Labute approximate surface area is 165 Å². The van der Waals surface area contributed by atoms with Gasteiger partial charge in [0.15, 0.2) is 5.16 Å². The lowest BCUT2D eigenvalue weighted by Crippen LogP contribution is -2.13. The molecular weight excluding hydrogens is 374 g/mol. The van der Waals surface area contributed by atoms with Gasteiger partial charge in [0.1, 0.15) is 6.33 Å². The molecule has 0 aliphatic carbocycles. The number of aromatic nitrogens is 6. The number of carbonyl (C=O) groups excluding carboxylic acids is 1. The number of benzene rings is 2. The second-order valence-corrected chi connectivity index (χ2v) is 7.14. The molecule has 9 heteroatoms. The summed E-state index contributed by atoms with van der Waals surface area (Å²) in [5.74, 6) is -0.181. The van der Waals surface area contributed by atoms with Crippen molar-refractivity contribution < 1.29 is 4.79 Å². The normalized spacial score (nSPS) is 10.8. The van der Waals surface area contributed by atoms with Gasteiger partial charge in [0.05, 0.1) is 11.4 Å². The second kappa shape index (κ2) is 7.65. The van der Waals surface area contributed by atoms with Crippen molar-refractivity contribution >= 4 is 23.4 Å². The molecule has 8 nitrogen and oxygen atoms in total. The molecule has 0 saturated carbocycles. The Balaban J connectivity index is 1.56. The number of hydrogen-bond donors (Lipinski definition) is 1. The number of carbonyl (C=O) groups is 1. The third-order valence-electron chi connectivity index (χ3n) is 4.17. The molecule has 0 aliphatic rings. The van der Waals surface area contributed by atoms with Gasteiger partial charge in [0, 0.05) is 29.9 Å². The molecule has 4 rings (SSSR count). The number of nitrogens with zero attached hydrogens (tertiary/aromatic N) is 6. The summed E-state index contributed by atoms with van der Waals surface area (Å²) in [6.07, 6.45) is 5.16. The summed E-state index contributed by atoms with van der Waals surface area (Å²) in [4.78, 5) is 18.1. The maximum absolute atomic E-state index is 12.8. The van der Waals surface area contributed by atoms with Crippen LogP contribution in [0.4, 0.5) is 5.69 Å². The lowest BCUT2D eigenvalue weighted by atomic mass is 10.1. The van der Waals surface area contributed by atoms with Crippen LogP contribution in [0.2, 0.25) is 0 Å². The minimum atomic E-state index is -0.181. The molecule has 0 unspecified atom stereocenters. The van der Waals surface area contributed by atoms with E-state index in [9.17, 15) is 4.79 Å². The Bertz CT molecular complexity index is 1120. The summed E-state index contributed by atoms with van der Waals surface area (Å²) in [5.41, 5.74) is 3.02. The van der Waals surface area contributed by atoms with Crippen molar-refractivity contribution in [2.45, 2.75) is 17.0 Å². The van der Waals surface area contributed by atoms with Gasteiger partial charge in [-0.25, -0.2) is 9.67 Å². The highest BCUT2D eigenvalue weighted by atomic mass is 32.2. The number of aryl methyl sites for hydroxylation is 2. The zero-order valence-electron chi connectivity index (χ0n) is 15.3. The van der Waals surface area contributed by atoms with Gasteiger partial charge in [-0.2, -0.15) is 0 Å². The first kappa shape index (κ1) is 17.9. The van der Waals surface area contributed by atoms with Crippen molar-refractivity contribution in [3.63, 3.8) is 0 Å². The summed E-state index contributed by atoms with van der Waals surface area (Å²) in [6.45, 7) is 1.92. The number of rotatable bonds is 5. The fourth-order valence-electron chi connectivity index (χ4n) is 2.73. The molecule has 2 aromatic heterocycles. The molecule has 1 N–H and O–H groups in total. The largest absolute Gasteiger partial charge is 0.329 e. The van der Waals surface area contributed by atoms with Crippen molar-refractivity contribution in [1.29, 1.82) is 0 Å². The van der Waals surface area contributed by atoms with Crippen LogP contribution in [-0.4, -0.2) is 35.7 Å². The molecule has 0 saturated heterocycles. The first-order chi connectivity index (χ1) is 13.6. The molecule has 4 aromatic rings. The molecule has 28 heavy (non-hydrogen) atoms. The zero-order valence-corrected chi connectivity index (χ0v) is 16.1. The van der Waals surface area contributed by atoms with Crippen LogP contribution in [0, 0.1) is 6.92 Å². The molecule has 0 aliphatic heterocycles. The van der Waals surface area contributed by atoms with Crippen molar-refractivity contribution in [3.05, 3.63) is 72.3 Å². The Morgan fingerprint density at radius 2 is 2.04 bits per heavy atom. The maximum Gasteiger partial charge on any atom is 0.255 e. The molecular formula is C19H17N7OS. The Kier molecular flexibility index (Phi) is 4.90. The van der Waals surface area contributed by atoms with E-state index in [2.05, 4.69) is 25.8 Å². The van der Waals surface area contributed by atoms with E-state index < -0.39 is 0 Å². The van der Waals surface area contributed by atoms with E-state index in [0.29, 0.717) is 5.56 Å². The fourth-order valence-corrected chi connectivity index (χ4v) is 3.62. The average Bonchev–Trinajstić information content (AvgIpc) is 3.35. The molecule has 2 aromatic carbocycles. The number of hydrogen-bond acceptors (Lipinski definition) is 6. The molecule has 2 heterocycles. The number of nitrogens with one attached hydrogen (secondary N) is 1. The number of imidazole rings is 1. The highest BCUT2D eigenvalue weighted by molar-refractivity contribution is 7.99. The summed E-state index contributed by atoms with van der Waals surface area (Å²) < 4.78 is 3.50. The summed E-state index contributed by atoms with van der Waals surface area (Å²) in [5, 5.41) is 15.0. The van der Waals surface area contributed by atoms with E-state index in [1.54, 1.807) is 16.9 Å². The minimum absolute atomic E-state index is 0.181. The number of tetrazole rings is 1. The average molecular weight is 391 g/mol. The van der Waals surface area contributed by atoms with Gasteiger partial charge in [-0.3, -0.25) is 4.79 Å². The lowest BCUT2D eigenvalue weighted by molar-refractivity contribution is 0.102. The van der Waals surface area contributed by atoms with Crippen molar-refractivity contribution in [2.24, 2.45) is 7.05 Å². The molecule has 0 radical (unpaired) electrons. The van der Waals surface area contributed by atoms with Crippen LogP contribution in [0.1, 0.15) is 15.9 Å². The van der Waals surface area contributed by atoms with Gasteiger partial charge in [-0.05, 0) is 65.0 Å². The molecule has 140 valence electrons. The van der Waals surface area contributed by atoms with Crippen LogP contribution in [0.3, 0.4) is 0 Å². The molecule has 0 fully saturated rings. The van der Waals surface area contributed by atoms with Crippen LogP contribution in [0.5, 0.6) is 0 Å². The highest BCUT2D eigenvalue weighted by Gasteiger charge is 2.13. The van der Waals surface area contributed by atoms with Crippen LogP contribution in [-0.2, 0) is 7.05 Å². The fraction of sp³-hybridized carbons (Fsp3) is 0.105. The topological polar surface area (TPSA) is 90.5 Å². The van der Waals surface area contributed by atoms with Gasteiger partial charge < -0.3 is 9.88 Å². The van der Waals surface area contributed by atoms with Crippen LogP contribution >= 0.6 is 11.8 Å². The SMILES string of the molecule is Cc1cc(C(=O)Nc2ccccc2Sc2nccn2C)ccc1-n1cnnn1. The maximum atomic E-state index is 12.8. The molecule has 0 bridgehead atoms. The van der Waals surface area contributed by atoms with Gasteiger partial charge >= 0.3 is 0 Å². The predicted molar refractivity (Wildman–Crippen MR) is 106 cm³/mol. The van der Waals surface area contributed by atoms with E-state index in [4.69, 9.17) is 0 Å². The third-order valence-corrected chi connectivity index (χ3v) is 5.32. The minimum Gasteiger partial charge on any atom is -0.329 e. The van der Waals surface area contributed by atoms with Crippen molar-refractivity contribution in [2.75, 3.05) is 5.32 Å². The van der Waals surface area contributed by atoms with Gasteiger partial charge in [-0.15, -0.1) is 5.10 Å². The number of amides is 1. The van der Waals surface area contributed by atoms with E-state index >= 15 is 0 Å². The first-order valence-electron chi connectivity index (χ1n) is 8.51. The number of anilines is 1. The van der Waals surface area contributed by atoms with E-state index in [0.717, 1.165) is 27.0 Å². The highest BCUT2D eigenvalue weighted by Crippen LogP contribution is 2.32. The van der Waals surface area contributed by atoms with E-state index in [1.807, 2.05) is 61.1 Å². The zero-order chi connectivity index (χ0) is 19.5. The Hall–Kier alpha value is -3.46. The van der Waals surface area contributed by atoms with Crippen molar-refractivity contribution in [3.8, 4) is 5.69 Å². The second-order valence-electron chi connectivity index (χ2n) is 6.13. The van der Waals surface area contributed by atoms with Gasteiger partial charge in [0.25, 0.3) is 5.91 Å². The Morgan fingerprint density at radius 1 is 1.18 bits per heavy atom. The predicted octanol–water partition coefficient (Wildman–Crippen LogP) is 3.11. The van der Waals surface area contributed by atoms with Crippen LogP contribution in [0.15, 0.2) is 71.2 Å². The molecule has 1 amide bonds. The first-order valence-corrected chi connectivity index (χ1v) is 9.33. The third kappa shape index (κ3) is 3.65. The van der Waals surface area contributed by atoms with Crippen LogP contribution in [0.25, 0.3) is 5.69 Å². The van der Waals surface area contributed by atoms with E-state index in [1.165, 1.54) is 18.1 Å². The van der Waals surface area contributed by atoms with Crippen LogP contribution < -0.4 is 5.32 Å². The van der Waals surface area contributed by atoms with Gasteiger partial charge in [0.2, 0.25) is 0 Å². The molecule has 0 spiro atoms. The monoisotopic (exact) mass is 391 g/mol. The smallest absolute Gasteiger partial charge is 0.255 e. The summed E-state index contributed by atoms with van der Waals surface area (Å²) >= 11 is 1.50. The van der Waals surface area contributed by atoms with Crippen molar-refractivity contribution in [1.82, 2.24) is 29.8 Å².